The molecule has 12 rings (SSSR count). The van der Waals surface area contributed by atoms with Crippen LogP contribution in [0.15, 0.2) is 188 Å². The maximum absolute atomic E-state index is 4.94. The van der Waals surface area contributed by atoms with Gasteiger partial charge in [-0.25, -0.2) is 4.98 Å². The van der Waals surface area contributed by atoms with Crippen LogP contribution >= 0.6 is 8.58 Å². The van der Waals surface area contributed by atoms with E-state index in [1.54, 1.807) is 5.19 Å². The molecule has 4 nitrogen and oxygen atoms in total. The van der Waals surface area contributed by atoms with Crippen molar-refractivity contribution in [1.82, 2.24) is 14.1 Å². The number of para-hydroxylation sites is 4. The molecule has 78 heavy (non-hydrogen) atoms. The van der Waals surface area contributed by atoms with Gasteiger partial charge in [0.05, 0.1) is 16.7 Å². The molecule has 1 unspecified atom stereocenters. The van der Waals surface area contributed by atoms with Gasteiger partial charge in [-0.3, -0.25) is 4.57 Å². The van der Waals surface area contributed by atoms with E-state index in [4.69, 9.17) is 4.98 Å². The number of hydrogen-bond acceptors (Lipinski definition) is 1. The summed E-state index contributed by atoms with van der Waals surface area (Å²) in [5.74, 6) is 0.911. The fraction of sp³-hybridized carbons (Fsp3) is 0.239. The molecule has 0 N–H and O–H groups in total. The molecule has 3 aromatic heterocycles. The number of rotatable bonds is 9. The molecule has 4 heterocycles. The van der Waals surface area contributed by atoms with Crippen LogP contribution < -0.4 is 25.5 Å². The van der Waals surface area contributed by atoms with Crippen LogP contribution in [0.3, 0.4) is 0 Å². The first-order chi connectivity index (χ1) is 37.0. The average molecular weight is 1230 g/mol. The van der Waals surface area contributed by atoms with Gasteiger partial charge in [-0.1, -0.05) is 231 Å². The van der Waals surface area contributed by atoms with Crippen molar-refractivity contribution in [3.63, 3.8) is 0 Å². The molecule has 0 aliphatic carbocycles. The minimum atomic E-state index is -2.02. The summed E-state index contributed by atoms with van der Waals surface area (Å²) in [6, 6.07) is 78.8. The summed E-state index contributed by atoms with van der Waals surface area (Å²) in [6.07, 6.45) is 9.85. The van der Waals surface area contributed by atoms with Crippen LogP contribution in [-0.4, -0.2) is 22.2 Å². The van der Waals surface area contributed by atoms with Crippen LogP contribution in [0, 0.1) is 18.5 Å². The number of imidazole rings is 1. The zero-order valence-corrected chi connectivity index (χ0v) is 50.8. The Labute approximate surface area is 479 Å². The van der Waals surface area contributed by atoms with E-state index < -0.39 is 8.07 Å². The van der Waals surface area contributed by atoms with Gasteiger partial charge < -0.3 is 9.13 Å². The summed E-state index contributed by atoms with van der Waals surface area (Å²) >= 11 is 0. The zero-order valence-electron chi connectivity index (χ0n) is 46.5. The SMILES string of the molecule is CC(C)(C)c1cc(-c2cccc(-c3cccc([Si]4(c5ccccc5)CCCCC4)c3)c2-[n+]2[c-]n(-c3[c-]c(Pc4[c-]c5c(cc4)c4ccccc4n5-c4cc(C(C)(C)C)ccn4)ccc3)c3ccccc32)cc(C(C)(C)C)c1.[Pt]. The molecule has 1 atom stereocenters. The maximum atomic E-state index is 4.94. The molecular formula is C71H69N4PPtSi-2. The van der Waals surface area contributed by atoms with Crippen LogP contribution in [0.4, 0.5) is 0 Å². The summed E-state index contributed by atoms with van der Waals surface area (Å²) < 4.78 is 6.87. The van der Waals surface area contributed by atoms with Crippen LogP contribution in [0.2, 0.25) is 12.1 Å². The molecule has 0 saturated carbocycles. The molecule has 1 saturated heterocycles. The fourth-order valence-electron chi connectivity index (χ4n) is 12.0. The van der Waals surface area contributed by atoms with E-state index in [1.807, 2.05) is 6.20 Å². The third-order valence-electron chi connectivity index (χ3n) is 16.3. The summed E-state index contributed by atoms with van der Waals surface area (Å²) in [5, 5.41) is 7.70. The van der Waals surface area contributed by atoms with Gasteiger partial charge in [0.1, 0.15) is 13.9 Å². The summed E-state index contributed by atoms with van der Waals surface area (Å²) in [4.78, 5) is 4.94. The van der Waals surface area contributed by atoms with Crippen molar-refractivity contribution in [3.05, 3.63) is 223 Å². The maximum Gasteiger partial charge on any atom is 0.268 e. The molecule has 1 aliphatic rings. The van der Waals surface area contributed by atoms with Gasteiger partial charge in [-0.2, -0.15) is 36.4 Å². The molecular weight excluding hydrogens is 1160 g/mol. The number of nitrogens with zero attached hydrogens (tertiary/aromatic N) is 4. The summed E-state index contributed by atoms with van der Waals surface area (Å²) in [5.41, 5.74) is 15.0. The monoisotopic (exact) mass is 1230 g/mol. The zero-order chi connectivity index (χ0) is 53.3. The van der Waals surface area contributed by atoms with Crippen molar-refractivity contribution < 1.29 is 25.6 Å². The minimum Gasteiger partial charge on any atom is -0.319 e. The summed E-state index contributed by atoms with van der Waals surface area (Å²) in [7, 11) is -1.70. The third kappa shape index (κ3) is 10.0. The van der Waals surface area contributed by atoms with E-state index in [1.165, 1.54) is 86.3 Å². The van der Waals surface area contributed by atoms with Crippen molar-refractivity contribution in [2.45, 2.75) is 110 Å². The second kappa shape index (κ2) is 21.0. The van der Waals surface area contributed by atoms with E-state index in [9.17, 15) is 0 Å². The molecule has 1 aliphatic heterocycles. The molecule has 1 fully saturated rings. The van der Waals surface area contributed by atoms with Gasteiger partial charge in [0.25, 0.3) is 6.33 Å². The Kier molecular flexibility index (Phi) is 14.4. The molecule has 8 aromatic carbocycles. The number of benzene rings is 8. The molecule has 0 bridgehead atoms. The normalized spacial score (nSPS) is 14.2. The fourth-order valence-corrected chi connectivity index (χ4v) is 18.1. The molecule has 0 spiro atoms. The summed E-state index contributed by atoms with van der Waals surface area (Å²) in [6.45, 7) is 20.8. The Morgan fingerprint density at radius 1 is 0.513 bits per heavy atom. The van der Waals surface area contributed by atoms with Gasteiger partial charge in [0, 0.05) is 32.8 Å². The largest absolute Gasteiger partial charge is 0.319 e. The van der Waals surface area contributed by atoms with Gasteiger partial charge in [0.2, 0.25) is 0 Å². The van der Waals surface area contributed by atoms with E-state index in [2.05, 4.69) is 276 Å². The predicted octanol–water partition coefficient (Wildman–Crippen LogP) is 15.4. The second-order valence-corrected chi connectivity index (χ2v) is 30.2. The smallest absolute Gasteiger partial charge is 0.268 e. The van der Waals surface area contributed by atoms with Gasteiger partial charge >= 0.3 is 0 Å². The standard InChI is InChI=1S/C71H69N4PSi.Pt/c1-69(2,3)51-37-38-72-67(45-51)75-63-32-15-14-29-61(63)62-36-35-56(47-66(62)75)76-55-25-21-24-54(46-55)73-48-74(65-34-17-16-33-64(65)73)68-59(30-22-31-60(68)50-41-52(70(4,5)6)44-53(42-50)71(7,8)9)49-23-20-28-58(43-49)77(39-18-11-19-40-77)57-26-12-10-13-27-57;/h10,12-17,20-38,41-45,76H,11,18-19,39-40H2,1-9H3;/q-2;. The number of hydrogen-bond donors (Lipinski definition) is 0. The first-order valence-corrected chi connectivity index (χ1v) is 31.1. The topological polar surface area (TPSA) is 26.6 Å². The van der Waals surface area contributed by atoms with Gasteiger partial charge in [0.15, 0.2) is 0 Å². The van der Waals surface area contributed by atoms with Gasteiger partial charge in [-0.15, -0.1) is 30.6 Å². The van der Waals surface area contributed by atoms with Crippen LogP contribution in [0.5, 0.6) is 0 Å². The van der Waals surface area contributed by atoms with Crippen molar-refractivity contribution in [3.8, 4) is 39.4 Å². The number of aromatic nitrogens is 4. The first kappa shape index (κ1) is 53.5. The van der Waals surface area contributed by atoms with Crippen molar-refractivity contribution >= 4 is 70.5 Å². The minimum absolute atomic E-state index is 0. The van der Waals surface area contributed by atoms with Crippen LogP contribution in [0.1, 0.15) is 98.3 Å². The van der Waals surface area contributed by atoms with Crippen molar-refractivity contribution in [2.24, 2.45) is 0 Å². The molecule has 0 amide bonds. The third-order valence-corrected chi connectivity index (χ3v) is 22.7. The Hall–Kier alpha value is -6.48. The second-order valence-electron chi connectivity index (χ2n) is 24.6. The predicted molar refractivity (Wildman–Crippen MR) is 329 cm³/mol. The van der Waals surface area contributed by atoms with E-state index in [0.29, 0.717) is 8.58 Å². The van der Waals surface area contributed by atoms with E-state index >= 15 is 0 Å². The number of pyridine rings is 1. The number of fused-ring (bicyclic) bond motifs is 4. The van der Waals surface area contributed by atoms with E-state index in [-0.39, 0.29) is 37.3 Å². The molecule has 7 heteroatoms. The Morgan fingerprint density at radius 3 is 1.87 bits per heavy atom. The van der Waals surface area contributed by atoms with Crippen LogP contribution in [0.25, 0.3) is 72.3 Å². The Balaban J connectivity index is 0.00000645. The van der Waals surface area contributed by atoms with Crippen molar-refractivity contribution in [2.75, 3.05) is 0 Å². The Bertz CT molecular complexity index is 3980. The average Bonchev–Trinajstić information content (AvgIpc) is 4.21. The molecule has 0 radical (unpaired) electrons. The van der Waals surface area contributed by atoms with Crippen LogP contribution in [-0.2, 0) is 37.3 Å². The molecule has 11 aromatic rings. The van der Waals surface area contributed by atoms with E-state index in [0.717, 1.165) is 49.9 Å². The van der Waals surface area contributed by atoms with Gasteiger partial charge in [-0.05, 0) is 96.6 Å². The molecule has 394 valence electrons. The Morgan fingerprint density at radius 2 is 1.14 bits per heavy atom. The quantitative estimate of drug-likeness (QED) is 0.0612. The first-order valence-electron chi connectivity index (χ1n) is 27.7. The van der Waals surface area contributed by atoms with Crippen molar-refractivity contribution in [1.29, 1.82) is 0 Å².